The molecule has 1 aromatic heterocycles. The van der Waals surface area contributed by atoms with Gasteiger partial charge in [-0.15, -0.1) is 11.3 Å². The highest BCUT2D eigenvalue weighted by atomic mass is 32.1. The van der Waals surface area contributed by atoms with Crippen molar-refractivity contribution in [2.75, 3.05) is 6.61 Å². The molecule has 180 valence electrons. The van der Waals surface area contributed by atoms with Gasteiger partial charge in [-0.05, 0) is 68.5 Å². The van der Waals surface area contributed by atoms with Crippen LogP contribution in [0.15, 0.2) is 29.6 Å². The van der Waals surface area contributed by atoms with Crippen molar-refractivity contribution in [1.82, 2.24) is 5.32 Å². The summed E-state index contributed by atoms with van der Waals surface area (Å²) in [4.78, 5) is 26.3. The van der Waals surface area contributed by atoms with Crippen molar-refractivity contribution in [3.8, 4) is 5.75 Å². The molecule has 3 rings (SSSR count). The van der Waals surface area contributed by atoms with Crippen molar-refractivity contribution in [1.29, 1.82) is 0 Å². The van der Waals surface area contributed by atoms with Crippen LogP contribution in [0.1, 0.15) is 45.0 Å². The number of rotatable bonds is 7. The molecular weight excluding hydrogens is 450 g/mol. The predicted molar refractivity (Wildman–Crippen MR) is 121 cm³/mol. The summed E-state index contributed by atoms with van der Waals surface area (Å²) in [6, 6.07) is 6.45. The average molecular weight is 480 g/mol. The molecule has 5 atom stereocenters. The van der Waals surface area contributed by atoms with Crippen molar-refractivity contribution in [2.24, 2.45) is 0 Å². The lowest BCUT2D eigenvalue weighted by Gasteiger charge is -2.39. The second-order valence-electron chi connectivity index (χ2n) is 8.63. The molecule has 10 heteroatoms. The summed E-state index contributed by atoms with van der Waals surface area (Å²) in [5, 5.41) is 43.9. The summed E-state index contributed by atoms with van der Waals surface area (Å²) in [6.45, 7) is 6.23. The number of thiophene rings is 1. The number of Topliss-reactive ketones (excluding diaryl/α,β-unsaturated/α-hetero) is 1. The zero-order valence-electron chi connectivity index (χ0n) is 18.8. The van der Waals surface area contributed by atoms with Crippen LogP contribution < -0.4 is 10.1 Å². The Morgan fingerprint density at radius 1 is 1.09 bits per heavy atom. The minimum absolute atomic E-state index is 0.254. The van der Waals surface area contributed by atoms with Crippen LogP contribution in [0.3, 0.4) is 0 Å². The van der Waals surface area contributed by atoms with Crippen LogP contribution in [0.2, 0.25) is 0 Å². The summed E-state index contributed by atoms with van der Waals surface area (Å²) < 4.78 is 11.0. The molecule has 1 amide bonds. The lowest BCUT2D eigenvalue weighted by atomic mass is 9.90. The normalized spacial score (nSPS) is 25.5. The van der Waals surface area contributed by atoms with Crippen LogP contribution in [0.5, 0.6) is 5.75 Å². The molecule has 0 saturated carbocycles. The molecule has 1 aliphatic rings. The minimum Gasteiger partial charge on any atom is -0.462 e. The van der Waals surface area contributed by atoms with Gasteiger partial charge in [-0.1, -0.05) is 0 Å². The van der Waals surface area contributed by atoms with E-state index in [2.05, 4.69) is 5.32 Å². The number of nitrogens with one attached hydrogen (secondary N) is 1. The predicted octanol–water partition coefficient (Wildman–Crippen LogP) is 0.935. The van der Waals surface area contributed by atoms with E-state index in [0.29, 0.717) is 16.0 Å². The lowest BCUT2D eigenvalue weighted by molar-refractivity contribution is -0.277. The van der Waals surface area contributed by atoms with E-state index >= 15 is 0 Å². The first-order valence-corrected chi connectivity index (χ1v) is 11.3. The summed E-state index contributed by atoms with van der Waals surface area (Å²) in [6.07, 6.45) is -7.00. The van der Waals surface area contributed by atoms with E-state index in [4.69, 9.17) is 9.47 Å². The number of hydrogen-bond donors (Lipinski definition) is 5. The average Bonchev–Trinajstić information content (AvgIpc) is 3.19. The van der Waals surface area contributed by atoms with E-state index in [9.17, 15) is 30.0 Å². The molecule has 0 spiro atoms. The van der Waals surface area contributed by atoms with Gasteiger partial charge in [0.1, 0.15) is 30.2 Å². The first-order valence-electron chi connectivity index (χ1n) is 10.5. The summed E-state index contributed by atoms with van der Waals surface area (Å²) in [7, 11) is 0. The van der Waals surface area contributed by atoms with E-state index in [-0.39, 0.29) is 17.4 Å². The van der Waals surface area contributed by atoms with Gasteiger partial charge in [0.25, 0.3) is 5.91 Å². The van der Waals surface area contributed by atoms with Gasteiger partial charge in [-0.2, -0.15) is 0 Å². The maximum absolute atomic E-state index is 13.2. The standard InChI is InChI=1S/C23H29NO8S/c1-11-7-8-33-19(11)21(30)24-23(3,4)20(29)14-6-5-13(9-12(14)2)31-22-18(28)17(27)16(26)15(10-25)32-22/h5-9,15-18,22,25-28H,10H2,1-4H3,(H,24,30)/t15-,16-,17+,18-,22-/m1/s1. The Kier molecular flexibility index (Phi) is 7.57. The fraction of sp³-hybridized carbons (Fsp3) is 0.478. The second-order valence-corrected chi connectivity index (χ2v) is 9.55. The maximum atomic E-state index is 13.2. The van der Waals surface area contributed by atoms with E-state index in [1.54, 1.807) is 32.9 Å². The molecule has 9 nitrogen and oxygen atoms in total. The Balaban J connectivity index is 1.73. The highest BCUT2D eigenvalue weighted by Crippen LogP contribution is 2.27. The highest BCUT2D eigenvalue weighted by Gasteiger charge is 2.44. The van der Waals surface area contributed by atoms with E-state index in [1.165, 1.54) is 17.4 Å². The first-order chi connectivity index (χ1) is 15.5. The number of amides is 1. The third kappa shape index (κ3) is 5.26. The minimum atomic E-state index is -1.56. The van der Waals surface area contributed by atoms with E-state index in [0.717, 1.165) is 5.56 Å². The summed E-state index contributed by atoms with van der Waals surface area (Å²) in [5.74, 6) is -0.354. The highest BCUT2D eigenvalue weighted by molar-refractivity contribution is 7.12. The Labute approximate surface area is 195 Å². The Morgan fingerprint density at radius 2 is 1.79 bits per heavy atom. The fourth-order valence-corrected chi connectivity index (χ4v) is 4.42. The quantitative estimate of drug-likeness (QED) is 0.369. The number of ketones is 1. The largest absolute Gasteiger partial charge is 0.462 e. The molecular formula is C23H29NO8S. The zero-order chi connectivity index (χ0) is 24.5. The van der Waals surface area contributed by atoms with Crippen LogP contribution in [0, 0.1) is 13.8 Å². The fourth-order valence-electron chi connectivity index (χ4n) is 3.60. The molecule has 1 saturated heterocycles. The molecule has 0 radical (unpaired) electrons. The third-order valence-electron chi connectivity index (χ3n) is 5.61. The smallest absolute Gasteiger partial charge is 0.262 e. The third-order valence-corrected chi connectivity index (χ3v) is 6.62. The zero-order valence-corrected chi connectivity index (χ0v) is 19.6. The second kappa shape index (κ2) is 9.88. The number of aliphatic hydroxyl groups excluding tert-OH is 4. The van der Waals surface area contributed by atoms with E-state index < -0.39 is 42.9 Å². The number of ether oxygens (including phenoxy) is 2. The number of hydrogen-bond acceptors (Lipinski definition) is 9. The molecule has 0 unspecified atom stereocenters. The van der Waals surface area contributed by atoms with Gasteiger partial charge in [-0.25, -0.2) is 0 Å². The molecule has 0 aliphatic carbocycles. The van der Waals surface area contributed by atoms with Crippen molar-refractivity contribution in [2.45, 2.75) is 63.9 Å². The summed E-state index contributed by atoms with van der Waals surface area (Å²) in [5.41, 5.74) is 0.616. The molecule has 2 aromatic rings. The number of carbonyl (C=O) groups excluding carboxylic acids is 2. The first kappa shape index (κ1) is 25.3. The number of carbonyl (C=O) groups is 2. The molecule has 33 heavy (non-hydrogen) atoms. The molecule has 0 bridgehead atoms. The molecule has 1 aromatic carbocycles. The van der Waals surface area contributed by atoms with Crippen LogP contribution in [0.4, 0.5) is 0 Å². The molecule has 2 heterocycles. The number of aliphatic hydroxyl groups is 4. The van der Waals surface area contributed by atoms with Crippen molar-refractivity contribution in [3.63, 3.8) is 0 Å². The summed E-state index contributed by atoms with van der Waals surface area (Å²) >= 11 is 1.31. The maximum Gasteiger partial charge on any atom is 0.262 e. The van der Waals surface area contributed by atoms with Crippen LogP contribution in [0.25, 0.3) is 0 Å². The molecule has 1 aliphatic heterocycles. The van der Waals surface area contributed by atoms with Crippen LogP contribution in [-0.4, -0.2) is 75.0 Å². The van der Waals surface area contributed by atoms with Crippen molar-refractivity contribution >= 4 is 23.0 Å². The van der Waals surface area contributed by atoms with Crippen LogP contribution in [-0.2, 0) is 4.74 Å². The van der Waals surface area contributed by atoms with Crippen molar-refractivity contribution in [3.05, 3.63) is 51.2 Å². The lowest BCUT2D eigenvalue weighted by Crippen LogP contribution is -2.60. The van der Waals surface area contributed by atoms with Crippen LogP contribution >= 0.6 is 11.3 Å². The Hall–Kier alpha value is -2.34. The van der Waals surface area contributed by atoms with Gasteiger partial charge in [0.05, 0.1) is 17.0 Å². The van der Waals surface area contributed by atoms with Gasteiger partial charge in [0, 0.05) is 5.56 Å². The van der Waals surface area contributed by atoms with Gasteiger partial charge in [-0.3, -0.25) is 9.59 Å². The van der Waals surface area contributed by atoms with Gasteiger partial charge < -0.3 is 35.2 Å². The van der Waals surface area contributed by atoms with E-state index in [1.807, 2.05) is 18.4 Å². The SMILES string of the molecule is Cc1cc(O[C@@H]2O[C@H](CO)[C@@H](O)[C@H](O)[C@H]2O)ccc1C(=O)C(C)(C)NC(=O)c1sccc1C. The van der Waals surface area contributed by atoms with Gasteiger partial charge in [0.15, 0.2) is 5.78 Å². The topological polar surface area (TPSA) is 146 Å². The Bertz CT molecular complexity index is 1020. The number of benzene rings is 1. The monoisotopic (exact) mass is 479 g/mol. The van der Waals surface area contributed by atoms with Gasteiger partial charge in [0.2, 0.25) is 6.29 Å². The van der Waals surface area contributed by atoms with Crippen molar-refractivity contribution < 1.29 is 39.5 Å². The van der Waals surface area contributed by atoms with Gasteiger partial charge >= 0.3 is 0 Å². The molecule has 5 N–H and O–H groups in total. The molecule has 1 fully saturated rings. The Morgan fingerprint density at radius 3 is 2.36 bits per heavy atom. The number of aryl methyl sites for hydroxylation is 2.